The summed E-state index contributed by atoms with van der Waals surface area (Å²) in [6.07, 6.45) is 4.27. The Kier molecular flexibility index (Phi) is 5.57. The Morgan fingerprint density at radius 1 is 1.43 bits per heavy atom. The molecule has 158 valence electrons. The van der Waals surface area contributed by atoms with Gasteiger partial charge in [0.25, 0.3) is 5.88 Å². The van der Waals surface area contributed by atoms with Crippen molar-refractivity contribution >= 4 is 22.7 Å². The summed E-state index contributed by atoms with van der Waals surface area (Å²) in [6, 6.07) is 3.90. The van der Waals surface area contributed by atoms with Gasteiger partial charge in [-0.2, -0.15) is 10.2 Å². The normalized spacial score (nSPS) is 19.7. The highest BCUT2D eigenvalue weighted by molar-refractivity contribution is 5.79. The number of aromatic nitrogens is 5. The Morgan fingerprint density at radius 2 is 2.27 bits per heavy atom. The van der Waals surface area contributed by atoms with E-state index in [2.05, 4.69) is 33.4 Å². The summed E-state index contributed by atoms with van der Waals surface area (Å²) in [5, 5.41) is 18.0. The molecule has 0 amide bonds. The van der Waals surface area contributed by atoms with Crippen LogP contribution in [0.1, 0.15) is 32.0 Å². The summed E-state index contributed by atoms with van der Waals surface area (Å²) in [4.78, 5) is 9.09. The fourth-order valence-corrected chi connectivity index (χ4v) is 3.51. The maximum atomic E-state index is 9.65. The first-order valence-corrected chi connectivity index (χ1v) is 9.90. The molecule has 4 heterocycles. The monoisotopic (exact) mass is 411 g/mol. The third-order valence-corrected chi connectivity index (χ3v) is 5.25. The van der Waals surface area contributed by atoms with Crippen LogP contribution >= 0.6 is 0 Å². The van der Waals surface area contributed by atoms with Crippen LogP contribution in [0.2, 0.25) is 0 Å². The van der Waals surface area contributed by atoms with Gasteiger partial charge in [-0.25, -0.2) is 4.98 Å². The van der Waals surface area contributed by atoms with Gasteiger partial charge in [0.2, 0.25) is 5.95 Å². The maximum Gasteiger partial charge on any atom is 0.257 e. The number of hydrogen-bond donors (Lipinski definition) is 1. The molecule has 3 aromatic rings. The van der Waals surface area contributed by atoms with Crippen LogP contribution in [0.15, 0.2) is 18.5 Å². The molecule has 0 radical (unpaired) electrons. The fourth-order valence-electron chi connectivity index (χ4n) is 3.51. The molecule has 10 heteroatoms. The number of fused-ring (bicyclic) bond motifs is 1. The molecule has 3 atom stereocenters. The van der Waals surface area contributed by atoms with E-state index in [1.807, 2.05) is 24.7 Å². The number of methoxy groups -OCH3 is 1. The van der Waals surface area contributed by atoms with E-state index in [9.17, 15) is 5.26 Å². The van der Waals surface area contributed by atoms with Crippen LogP contribution in [-0.4, -0.2) is 56.8 Å². The summed E-state index contributed by atoms with van der Waals surface area (Å²) in [6.45, 7) is 4.99. The van der Waals surface area contributed by atoms with Gasteiger partial charge < -0.3 is 24.1 Å². The van der Waals surface area contributed by atoms with Crippen LogP contribution in [-0.2, 0) is 16.5 Å². The van der Waals surface area contributed by atoms with Gasteiger partial charge in [0.15, 0.2) is 0 Å². The molecule has 4 rings (SSSR count). The van der Waals surface area contributed by atoms with E-state index in [1.165, 1.54) is 0 Å². The van der Waals surface area contributed by atoms with Gasteiger partial charge in [0, 0.05) is 25.7 Å². The zero-order chi connectivity index (χ0) is 21.3. The average molecular weight is 411 g/mol. The minimum absolute atomic E-state index is 0.0348. The van der Waals surface area contributed by atoms with Crippen LogP contribution in [0.4, 0.5) is 11.6 Å². The van der Waals surface area contributed by atoms with Crippen LogP contribution in [0, 0.1) is 11.3 Å². The van der Waals surface area contributed by atoms with Crippen LogP contribution in [0.5, 0.6) is 5.88 Å². The van der Waals surface area contributed by atoms with Gasteiger partial charge in [-0.15, -0.1) is 5.10 Å². The van der Waals surface area contributed by atoms with Crippen molar-refractivity contribution in [1.29, 1.82) is 5.26 Å². The van der Waals surface area contributed by atoms with Crippen molar-refractivity contribution in [3.8, 4) is 11.9 Å². The maximum absolute atomic E-state index is 9.65. The molecule has 1 fully saturated rings. The van der Waals surface area contributed by atoms with Crippen molar-refractivity contribution in [1.82, 2.24) is 24.3 Å². The van der Waals surface area contributed by atoms with Crippen LogP contribution in [0.3, 0.4) is 0 Å². The molecule has 1 saturated heterocycles. The molecule has 0 saturated carbocycles. The molecule has 0 unspecified atom stereocenters. The topological polar surface area (TPSA) is 112 Å². The lowest BCUT2D eigenvalue weighted by Gasteiger charge is -2.19. The number of ether oxygens (including phenoxy) is 3. The molecule has 0 aliphatic carbocycles. The van der Waals surface area contributed by atoms with E-state index < -0.39 is 0 Å². The first-order valence-electron chi connectivity index (χ1n) is 9.90. The Hall–Kier alpha value is -3.16. The number of anilines is 2. The van der Waals surface area contributed by atoms with Crippen molar-refractivity contribution in [2.75, 3.05) is 25.6 Å². The molecule has 10 nitrogen and oxygen atoms in total. The second kappa shape index (κ2) is 8.30. The lowest BCUT2D eigenvalue weighted by molar-refractivity contribution is 0.0690. The van der Waals surface area contributed by atoms with Gasteiger partial charge >= 0.3 is 0 Å². The number of hydrogen-bond acceptors (Lipinski definition) is 8. The third kappa shape index (κ3) is 3.69. The number of rotatable bonds is 7. The number of aryl methyl sites for hydroxylation is 1. The second-order valence-corrected chi connectivity index (χ2v) is 7.35. The zero-order valence-corrected chi connectivity index (χ0v) is 17.5. The number of nitrogens with zero attached hydrogens (tertiary/aromatic N) is 6. The fraction of sp³-hybridized carbons (Fsp3) is 0.500. The predicted octanol–water partition coefficient (Wildman–Crippen LogP) is 2.54. The van der Waals surface area contributed by atoms with Gasteiger partial charge in [-0.05, 0) is 19.4 Å². The molecule has 0 spiro atoms. The molecule has 0 aromatic carbocycles. The molecule has 1 N–H and O–H groups in total. The Balaban J connectivity index is 1.71. The lowest BCUT2D eigenvalue weighted by Crippen LogP contribution is -2.25. The highest BCUT2D eigenvalue weighted by atomic mass is 16.5. The van der Waals surface area contributed by atoms with Gasteiger partial charge in [0.1, 0.15) is 29.2 Å². The number of nitrogens with one attached hydrogen (secondary N) is 1. The number of nitriles is 1. The van der Waals surface area contributed by atoms with Crippen molar-refractivity contribution in [3.63, 3.8) is 0 Å². The van der Waals surface area contributed by atoms with E-state index in [4.69, 9.17) is 14.2 Å². The van der Waals surface area contributed by atoms with Crippen LogP contribution in [0.25, 0.3) is 11.0 Å². The largest absolute Gasteiger partial charge is 0.472 e. The molecule has 3 aromatic heterocycles. The Bertz CT molecular complexity index is 1080. The Morgan fingerprint density at radius 3 is 3.00 bits per heavy atom. The van der Waals surface area contributed by atoms with Gasteiger partial charge in [-0.3, -0.25) is 4.68 Å². The molecular weight excluding hydrogens is 386 g/mol. The van der Waals surface area contributed by atoms with Crippen molar-refractivity contribution in [2.24, 2.45) is 7.05 Å². The highest BCUT2D eigenvalue weighted by Gasteiger charge is 2.32. The summed E-state index contributed by atoms with van der Waals surface area (Å²) in [5.41, 5.74) is 1.82. The van der Waals surface area contributed by atoms with Gasteiger partial charge in [0.05, 0.1) is 31.6 Å². The molecule has 1 aliphatic rings. The van der Waals surface area contributed by atoms with Crippen molar-refractivity contribution < 1.29 is 14.2 Å². The second-order valence-electron chi connectivity index (χ2n) is 7.35. The minimum atomic E-state index is -0.145. The first kappa shape index (κ1) is 20.1. The summed E-state index contributed by atoms with van der Waals surface area (Å²) < 4.78 is 20.6. The standard InChI is InChI=1S/C20H25N7O3/c1-5-12(2)30-19-15(9-26(3)25-19)23-20-22-8-13-6-14(7-21)27(18(13)24-20)16-10-29-11-17(16)28-4/h6,8-9,12,16-17H,5,10-11H2,1-4H3,(H,22,23,24)/t12-,16+,17-/m0/s1. The highest BCUT2D eigenvalue weighted by Crippen LogP contribution is 2.31. The predicted molar refractivity (Wildman–Crippen MR) is 110 cm³/mol. The minimum Gasteiger partial charge on any atom is -0.472 e. The van der Waals surface area contributed by atoms with Crippen LogP contribution < -0.4 is 10.1 Å². The smallest absolute Gasteiger partial charge is 0.257 e. The summed E-state index contributed by atoms with van der Waals surface area (Å²) in [5.74, 6) is 0.883. The Labute approximate surface area is 174 Å². The summed E-state index contributed by atoms with van der Waals surface area (Å²) >= 11 is 0. The van der Waals surface area contributed by atoms with E-state index in [-0.39, 0.29) is 18.2 Å². The molecule has 0 bridgehead atoms. The van der Waals surface area contributed by atoms with E-state index in [0.29, 0.717) is 42.1 Å². The van der Waals surface area contributed by atoms with Gasteiger partial charge in [-0.1, -0.05) is 6.92 Å². The first-order chi connectivity index (χ1) is 14.5. The third-order valence-electron chi connectivity index (χ3n) is 5.25. The lowest BCUT2D eigenvalue weighted by atomic mass is 10.2. The van der Waals surface area contributed by atoms with Crippen molar-refractivity contribution in [2.45, 2.75) is 38.5 Å². The van der Waals surface area contributed by atoms with E-state index in [1.54, 1.807) is 24.1 Å². The molecule has 1 aliphatic heterocycles. The van der Waals surface area contributed by atoms with E-state index in [0.717, 1.165) is 11.8 Å². The summed E-state index contributed by atoms with van der Waals surface area (Å²) in [7, 11) is 3.47. The molecular formula is C20H25N7O3. The molecule has 30 heavy (non-hydrogen) atoms. The quantitative estimate of drug-likeness (QED) is 0.631. The van der Waals surface area contributed by atoms with Crippen molar-refractivity contribution in [3.05, 3.63) is 24.2 Å². The zero-order valence-electron chi connectivity index (χ0n) is 17.5. The van der Waals surface area contributed by atoms with E-state index >= 15 is 0 Å². The SMILES string of the molecule is CC[C@H](C)Oc1nn(C)cc1Nc1ncc2cc(C#N)n([C@@H]3COC[C@@H]3OC)c2n1. The average Bonchev–Trinajstić information content (AvgIpc) is 3.43.